The summed E-state index contributed by atoms with van der Waals surface area (Å²) in [5.74, 6) is -1.37. The number of carbonyl (C=O) groups excluding carboxylic acids is 1. The van der Waals surface area contributed by atoms with E-state index < -0.39 is 16.6 Å². The van der Waals surface area contributed by atoms with E-state index in [4.69, 9.17) is 0 Å². The van der Waals surface area contributed by atoms with Crippen LogP contribution in [0.1, 0.15) is 15.9 Å². The van der Waals surface area contributed by atoms with Crippen molar-refractivity contribution in [1.82, 2.24) is 5.43 Å². The zero-order valence-electron chi connectivity index (χ0n) is 11.0. The van der Waals surface area contributed by atoms with Crippen molar-refractivity contribution < 1.29 is 14.1 Å². The number of amides is 1. The van der Waals surface area contributed by atoms with Crippen LogP contribution in [-0.4, -0.2) is 17.0 Å². The number of hydrogen-bond donors (Lipinski definition) is 1. The summed E-state index contributed by atoms with van der Waals surface area (Å²) in [5.41, 5.74) is 2.32. The van der Waals surface area contributed by atoms with Crippen LogP contribution >= 0.6 is 15.9 Å². The van der Waals surface area contributed by atoms with Gasteiger partial charge in [-0.1, -0.05) is 18.2 Å². The lowest BCUT2D eigenvalue weighted by molar-refractivity contribution is -0.385. The van der Waals surface area contributed by atoms with Crippen LogP contribution in [0.5, 0.6) is 0 Å². The second-order valence-corrected chi connectivity index (χ2v) is 5.00. The summed E-state index contributed by atoms with van der Waals surface area (Å²) in [4.78, 5) is 22.0. The number of hydrogen-bond acceptors (Lipinski definition) is 4. The fourth-order valence-corrected chi connectivity index (χ4v) is 2.01. The molecule has 0 aliphatic rings. The van der Waals surface area contributed by atoms with E-state index in [1.165, 1.54) is 36.5 Å². The molecule has 2 aromatic rings. The van der Waals surface area contributed by atoms with Crippen molar-refractivity contribution in [2.75, 3.05) is 0 Å². The van der Waals surface area contributed by atoms with Gasteiger partial charge in [0.1, 0.15) is 5.82 Å². The quantitative estimate of drug-likeness (QED) is 0.512. The molecule has 0 saturated carbocycles. The van der Waals surface area contributed by atoms with E-state index in [0.29, 0.717) is 10.0 Å². The normalized spacial score (nSPS) is 10.6. The van der Waals surface area contributed by atoms with E-state index in [2.05, 4.69) is 26.5 Å². The third-order valence-corrected chi connectivity index (χ3v) is 3.34. The molecular formula is C14H9BrFN3O3. The van der Waals surface area contributed by atoms with Gasteiger partial charge in [0.15, 0.2) is 0 Å². The summed E-state index contributed by atoms with van der Waals surface area (Å²) < 4.78 is 13.7. The largest absolute Gasteiger partial charge is 0.284 e. The predicted octanol–water partition coefficient (Wildman–Crippen LogP) is 3.26. The minimum atomic E-state index is -0.707. The zero-order chi connectivity index (χ0) is 16.1. The molecule has 8 heteroatoms. The Hall–Kier alpha value is -2.61. The molecule has 0 atom stereocenters. The molecule has 0 spiro atoms. The first-order valence-electron chi connectivity index (χ1n) is 6.01. The molecule has 2 aromatic carbocycles. The lowest BCUT2D eigenvalue weighted by Gasteiger charge is -2.01. The third-order valence-electron chi connectivity index (χ3n) is 2.67. The van der Waals surface area contributed by atoms with E-state index in [1.54, 1.807) is 6.07 Å². The first kappa shape index (κ1) is 15.8. The first-order valence-corrected chi connectivity index (χ1v) is 6.80. The van der Waals surface area contributed by atoms with Crippen molar-refractivity contribution in [1.29, 1.82) is 0 Å². The van der Waals surface area contributed by atoms with Gasteiger partial charge in [0.25, 0.3) is 11.6 Å². The van der Waals surface area contributed by atoms with Gasteiger partial charge in [0.2, 0.25) is 0 Å². The molecule has 0 aliphatic carbocycles. The number of nitro groups is 1. The molecule has 0 saturated heterocycles. The van der Waals surface area contributed by atoms with E-state index in [1.807, 2.05) is 0 Å². The summed E-state index contributed by atoms with van der Waals surface area (Å²) >= 11 is 3.06. The Labute approximate surface area is 132 Å². The standard InChI is InChI=1S/C14H9BrFN3O3/c15-11-6-5-9(7-13(11)19(21)22)8-17-18-14(20)10-3-1-2-4-12(10)16/h1-8H,(H,18,20)/b17-8-. The van der Waals surface area contributed by atoms with Gasteiger partial charge in [-0.15, -0.1) is 0 Å². The minimum Gasteiger partial charge on any atom is -0.267 e. The highest BCUT2D eigenvalue weighted by atomic mass is 79.9. The Morgan fingerprint density at radius 3 is 2.73 bits per heavy atom. The van der Waals surface area contributed by atoms with Gasteiger partial charge in [0.05, 0.1) is 21.2 Å². The van der Waals surface area contributed by atoms with Crippen molar-refractivity contribution in [2.45, 2.75) is 0 Å². The SMILES string of the molecule is O=C(N/N=C\c1ccc(Br)c([N+](=O)[O-])c1)c1ccccc1F. The number of hydrazone groups is 1. The Kier molecular flexibility index (Phi) is 4.95. The van der Waals surface area contributed by atoms with Crippen LogP contribution in [0.15, 0.2) is 52.0 Å². The van der Waals surface area contributed by atoms with Crippen molar-refractivity contribution in [3.05, 3.63) is 74.0 Å². The molecule has 1 N–H and O–H groups in total. The minimum absolute atomic E-state index is 0.121. The van der Waals surface area contributed by atoms with Gasteiger partial charge in [-0.25, -0.2) is 9.82 Å². The van der Waals surface area contributed by atoms with Crippen LogP contribution in [-0.2, 0) is 0 Å². The van der Waals surface area contributed by atoms with Crippen LogP contribution in [0.4, 0.5) is 10.1 Å². The van der Waals surface area contributed by atoms with Crippen LogP contribution < -0.4 is 5.43 Å². The Morgan fingerprint density at radius 2 is 2.05 bits per heavy atom. The number of nitrogens with one attached hydrogen (secondary N) is 1. The molecule has 0 bridgehead atoms. The van der Waals surface area contributed by atoms with Crippen molar-refractivity contribution >= 4 is 33.7 Å². The van der Waals surface area contributed by atoms with E-state index in [0.717, 1.165) is 6.07 Å². The second-order valence-electron chi connectivity index (χ2n) is 4.15. The fraction of sp³-hybridized carbons (Fsp3) is 0. The molecule has 112 valence electrons. The van der Waals surface area contributed by atoms with Crippen LogP contribution in [0.3, 0.4) is 0 Å². The molecule has 6 nitrogen and oxygen atoms in total. The number of halogens is 2. The fourth-order valence-electron chi connectivity index (χ4n) is 1.62. The van der Waals surface area contributed by atoms with Gasteiger partial charge < -0.3 is 0 Å². The molecule has 0 heterocycles. The molecule has 0 aromatic heterocycles. The van der Waals surface area contributed by atoms with E-state index in [-0.39, 0.29) is 11.3 Å². The van der Waals surface area contributed by atoms with Crippen LogP contribution in [0.2, 0.25) is 0 Å². The lowest BCUT2D eigenvalue weighted by atomic mass is 10.2. The van der Waals surface area contributed by atoms with Crippen molar-refractivity contribution in [3.63, 3.8) is 0 Å². The Morgan fingerprint density at radius 1 is 1.32 bits per heavy atom. The summed E-state index contributed by atoms with van der Waals surface area (Å²) in [6, 6.07) is 9.86. The lowest BCUT2D eigenvalue weighted by Crippen LogP contribution is -2.18. The topological polar surface area (TPSA) is 84.6 Å². The molecule has 0 aliphatic heterocycles. The molecular weight excluding hydrogens is 357 g/mol. The maximum absolute atomic E-state index is 13.4. The average Bonchev–Trinajstić information content (AvgIpc) is 2.49. The molecule has 0 fully saturated rings. The maximum Gasteiger partial charge on any atom is 0.284 e. The molecule has 0 unspecified atom stereocenters. The monoisotopic (exact) mass is 365 g/mol. The number of rotatable bonds is 4. The Balaban J connectivity index is 2.10. The van der Waals surface area contributed by atoms with Crippen molar-refractivity contribution in [3.8, 4) is 0 Å². The van der Waals surface area contributed by atoms with Gasteiger partial charge in [-0.3, -0.25) is 14.9 Å². The van der Waals surface area contributed by atoms with Gasteiger partial charge in [0, 0.05) is 11.6 Å². The molecule has 2 rings (SSSR count). The highest BCUT2D eigenvalue weighted by Gasteiger charge is 2.12. The molecule has 1 amide bonds. The highest BCUT2D eigenvalue weighted by molar-refractivity contribution is 9.10. The number of benzene rings is 2. The van der Waals surface area contributed by atoms with Gasteiger partial charge in [-0.05, 0) is 34.1 Å². The zero-order valence-corrected chi connectivity index (χ0v) is 12.6. The summed E-state index contributed by atoms with van der Waals surface area (Å²) in [7, 11) is 0. The third kappa shape index (κ3) is 3.73. The smallest absolute Gasteiger partial charge is 0.267 e. The average molecular weight is 366 g/mol. The first-order chi connectivity index (χ1) is 10.5. The summed E-state index contributed by atoms with van der Waals surface area (Å²) in [6.07, 6.45) is 1.23. The Bertz CT molecular complexity index is 765. The highest BCUT2D eigenvalue weighted by Crippen LogP contribution is 2.24. The van der Waals surface area contributed by atoms with Crippen molar-refractivity contribution in [2.24, 2.45) is 5.10 Å². The number of nitrogens with zero attached hydrogens (tertiary/aromatic N) is 2. The number of nitro benzene ring substituents is 1. The van der Waals surface area contributed by atoms with Gasteiger partial charge in [-0.2, -0.15) is 5.10 Å². The van der Waals surface area contributed by atoms with Crippen LogP contribution in [0, 0.1) is 15.9 Å². The van der Waals surface area contributed by atoms with E-state index in [9.17, 15) is 19.3 Å². The predicted molar refractivity (Wildman–Crippen MR) is 82.3 cm³/mol. The number of carbonyl (C=O) groups is 1. The summed E-state index contributed by atoms with van der Waals surface area (Å²) in [6.45, 7) is 0. The van der Waals surface area contributed by atoms with E-state index >= 15 is 0 Å². The maximum atomic E-state index is 13.4. The molecule has 0 radical (unpaired) electrons. The second kappa shape index (κ2) is 6.90. The van der Waals surface area contributed by atoms with Gasteiger partial charge >= 0.3 is 0 Å². The van der Waals surface area contributed by atoms with Crippen LogP contribution in [0.25, 0.3) is 0 Å². The molecule has 22 heavy (non-hydrogen) atoms. The summed E-state index contributed by atoms with van der Waals surface area (Å²) in [5, 5.41) is 14.5.